The van der Waals surface area contributed by atoms with E-state index in [0.29, 0.717) is 11.1 Å². The monoisotopic (exact) mass is 244 g/mol. The Labute approximate surface area is 104 Å². The molecule has 0 bridgehead atoms. The molecule has 0 radical (unpaired) electrons. The number of hydrogen-bond acceptors (Lipinski definition) is 4. The number of ether oxygens (including phenoxy) is 1. The highest BCUT2D eigenvalue weighted by Crippen LogP contribution is 2.23. The first-order valence-electron chi connectivity index (χ1n) is 5.40. The summed E-state index contributed by atoms with van der Waals surface area (Å²) in [5.41, 5.74) is 0.896. The Bertz CT molecular complexity index is 549. The summed E-state index contributed by atoms with van der Waals surface area (Å²) in [6.07, 6.45) is 0. The summed E-state index contributed by atoms with van der Waals surface area (Å²) >= 11 is 0. The summed E-state index contributed by atoms with van der Waals surface area (Å²) in [4.78, 5) is 11.6. The fourth-order valence-corrected chi connectivity index (χ4v) is 1.48. The van der Waals surface area contributed by atoms with Crippen molar-refractivity contribution in [1.82, 2.24) is 0 Å². The van der Waals surface area contributed by atoms with Gasteiger partial charge in [-0.25, -0.2) is 4.79 Å². The Morgan fingerprint density at radius 1 is 1.06 bits per heavy atom. The van der Waals surface area contributed by atoms with Gasteiger partial charge in [-0.2, -0.15) is 0 Å². The number of aromatic hydroxyl groups is 2. The number of carbonyl (C=O) groups is 1. The van der Waals surface area contributed by atoms with Gasteiger partial charge >= 0.3 is 5.97 Å². The number of benzene rings is 2. The van der Waals surface area contributed by atoms with Crippen molar-refractivity contribution >= 4 is 5.97 Å². The molecular weight excluding hydrogens is 232 g/mol. The van der Waals surface area contributed by atoms with Crippen LogP contribution in [0.1, 0.15) is 15.9 Å². The number of esters is 1. The van der Waals surface area contributed by atoms with Crippen molar-refractivity contribution in [2.45, 2.75) is 6.61 Å². The lowest BCUT2D eigenvalue weighted by atomic mass is 10.2. The highest BCUT2D eigenvalue weighted by molar-refractivity contribution is 5.89. The average Bonchev–Trinajstić information content (AvgIpc) is 2.38. The molecule has 0 aliphatic carbocycles. The van der Waals surface area contributed by atoms with Gasteiger partial charge in [0.1, 0.15) is 18.1 Å². The van der Waals surface area contributed by atoms with Gasteiger partial charge in [0.05, 0.1) is 5.56 Å². The fraction of sp³-hybridized carbons (Fsp3) is 0.0714. The Morgan fingerprint density at radius 2 is 1.78 bits per heavy atom. The van der Waals surface area contributed by atoms with E-state index in [2.05, 4.69) is 0 Å². The summed E-state index contributed by atoms with van der Waals surface area (Å²) in [7, 11) is 0. The van der Waals surface area contributed by atoms with Crippen LogP contribution in [0, 0.1) is 0 Å². The average molecular weight is 244 g/mol. The van der Waals surface area contributed by atoms with Gasteiger partial charge < -0.3 is 14.9 Å². The second-order valence-corrected chi connectivity index (χ2v) is 3.76. The molecule has 2 aromatic carbocycles. The third kappa shape index (κ3) is 2.79. The Hall–Kier alpha value is -2.49. The summed E-state index contributed by atoms with van der Waals surface area (Å²) in [5.74, 6) is -0.593. The zero-order valence-corrected chi connectivity index (χ0v) is 9.54. The fourth-order valence-electron chi connectivity index (χ4n) is 1.48. The molecule has 0 aliphatic rings. The minimum Gasteiger partial charge on any atom is -0.508 e. The van der Waals surface area contributed by atoms with Gasteiger partial charge in [-0.05, 0) is 24.3 Å². The van der Waals surface area contributed by atoms with Gasteiger partial charge in [0.15, 0.2) is 0 Å². The topological polar surface area (TPSA) is 66.8 Å². The molecule has 0 fully saturated rings. The zero-order valence-electron chi connectivity index (χ0n) is 9.54. The summed E-state index contributed by atoms with van der Waals surface area (Å²) in [5, 5.41) is 18.6. The lowest BCUT2D eigenvalue weighted by Gasteiger charge is -2.06. The second kappa shape index (κ2) is 5.23. The molecule has 0 aliphatic heterocycles. The van der Waals surface area contributed by atoms with Gasteiger partial charge in [0.25, 0.3) is 0 Å². The van der Waals surface area contributed by atoms with Gasteiger partial charge in [-0.1, -0.05) is 18.2 Å². The summed E-state index contributed by atoms with van der Waals surface area (Å²) in [6, 6.07) is 12.7. The van der Waals surface area contributed by atoms with Gasteiger partial charge in [-0.3, -0.25) is 0 Å². The minimum atomic E-state index is -0.455. The van der Waals surface area contributed by atoms with Crippen molar-refractivity contribution in [1.29, 1.82) is 0 Å². The van der Waals surface area contributed by atoms with Crippen molar-refractivity contribution in [3.63, 3.8) is 0 Å². The van der Waals surface area contributed by atoms with Crippen LogP contribution >= 0.6 is 0 Å². The maximum Gasteiger partial charge on any atom is 0.338 e. The third-order valence-electron chi connectivity index (χ3n) is 2.44. The third-order valence-corrected chi connectivity index (χ3v) is 2.44. The highest BCUT2D eigenvalue weighted by atomic mass is 16.5. The number of carbonyl (C=O) groups excluding carboxylic acids is 1. The number of phenolic OH excluding ortho intramolecular Hbond substituents is 2. The highest BCUT2D eigenvalue weighted by Gasteiger charge is 2.08. The number of hydrogen-bond donors (Lipinski definition) is 2. The van der Waals surface area contributed by atoms with Gasteiger partial charge in [0.2, 0.25) is 0 Å². The molecule has 0 unspecified atom stereocenters. The molecule has 2 rings (SSSR count). The smallest absolute Gasteiger partial charge is 0.338 e. The van der Waals surface area contributed by atoms with Crippen molar-refractivity contribution in [3.05, 3.63) is 59.7 Å². The van der Waals surface area contributed by atoms with Crippen LogP contribution in [0.3, 0.4) is 0 Å². The van der Waals surface area contributed by atoms with Crippen LogP contribution in [0.15, 0.2) is 48.5 Å². The molecule has 2 aromatic rings. The van der Waals surface area contributed by atoms with Crippen LogP contribution in [0.5, 0.6) is 11.5 Å². The van der Waals surface area contributed by atoms with Crippen LogP contribution in [-0.4, -0.2) is 16.2 Å². The van der Waals surface area contributed by atoms with Crippen LogP contribution in [-0.2, 0) is 11.3 Å². The van der Waals surface area contributed by atoms with Crippen LogP contribution in [0.2, 0.25) is 0 Å². The zero-order chi connectivity index (χ0) is 13.0. The summed E-state index contributed by atoms with van der Waals surface area (Å²) in [6.45, 7) is -0.0418. The lowest BCUT2D eigenvalue weighted by molar-refractivity contribution is 0.0470. The predicted molar refractivity (Wildman–Crippen MR) is 65.3 cm³/mol. The van der Waals surface area contributed by atoms with Crippen molar-refractivity contribution < 1.29 is 19.7 Å². The maximum absolute atomic E-state index is 11.6. The molecular formula is C14H12O4. The lowest BCUT2D eigenvalue weighted by Crippen LogP contribution is -2.04. The quantitative estimate of drug-likeness (QED) is 0.814. The van der Waals surface area contributed by atoms with Gasteiger partial charge in [0, 0.05) is 11.6 Å². The Morgan fingerprint density at radius 3 is 2.44 bits per heavy atom. The molecule has 92 valence electrons. The van der Waals surface area contributed by atoms with E-state index < -0.39 is 5.97 Å². The van der Waals surface area contributed by atoms with Crippen molar-refractivity contribution in [2.24, 2.45) is 0 Å². The standard InChI is InChI=1S/C14H12O4/c15-12-7-6-11(13(16)8-12)9-18-14(17)10-4-2-1-3-5-10/h1-8,15-16H,9H2. The molecule has 0 amide bonds. The second-order valence-electron chi connectivity index (χ2n) is 3.76. The number of rotatable bonds is 3. The SMILES string of the molecule is O=C(OCc1ccc(O)cc1O)c1ccccc1. The first-order valence-corrected chi connectivity index (χ1v) is 5.40. The van der Waals surface area contributed by atoms with Crippen molar-refractivity contribution in [3.8, 4) is 11.5 Å². The van der Waals surface area contributed by atoms with Crippen molar-refractivity contribution in [2.75, 3.05) is 0 Å². The minimum absolute atomic E-state index is 0.0364. The number of phenols is 2. The Kier molecular flexibility index (Phi) is 3.48. The normalized spacial score (nSPS) is 10.0. The van der Waals surface area contributed by atoms with E-state index in [1.54, 1.807) is 24.3 Å². The molecule has 18 heavy (non-hydrogen) atoms. The molecule has 0 saturated heterocycles. The molecule has 0 saturated carbocycles. The van der Waals surface area contributed by atoms with Gasteiger partial charge in [-0.15, -0.1) is 0 Å². The molecule has 4 heteroatoms. The van der Waals surface area contributed by atoms with E-state index in [4.69, 9.17) is 9.84 Å². The molecule has 0 aromatic heterocycles. The molecule has 4 nitrogen and oxygen atoms in total. The van der Waals surface area contributed by atoms with E-state index in [0.717, 1.165) is 0 Å². The van der Waals surface area contributed by atoms with Crippen LogP contribution in [0.4, 0.5) is 0 Å². The van der Waals surface area contributed by atoms with Crippen LogP contribution < -0.4 is 0 Å². The van der Waals surface area contributed by atoms with E-state index in [1.807, 2.05) is 6.07 Å². The van der Waals surface area contributed by atoms with E-state index >= 15 is 0 Å². The summed E-state index contributed by atoms with van der Waals surface area (Å²) < 4.78 is 5.05. The Balaban J connectivity index is 2.02. The van der Waals surface area contributed by atoms with E-state index in [9.17, 15) is 9.90 Å². The largest absolute Gasteiger partial charge is 0.508 e. The van der Waals surface area contributed by atoms with Crippen LogP contribution in [0.25, 0.3) is 0 Å². The molecule has 0 spiro atoms. The molecule has 2 N–H and O–H groups in total. The van der Waals surface area contributed by atoms with E-state index in [-0.39, 0.29) is 18.1 Å². The van der Waals surface area contributed by atoms with E-state index in [1.165, 1.54) is 18.2 Å². The first-order chi connectivity index (χ1) is 8.66. The first kappa shape index (κ1) is 12.0. The molecule has 0 atom stereocenters. The molecule has 0 heterocycles. The predicted octanol–water partition coefficient (Wildman–Crippen LogP) is 2.45. The maximum atomic E-state index is 11.6.